The third kappa shape index (κ3) is 2.87. The number of benzene rings is 1. The van der Waals surface area contributed by atoms with Crippen LogP contribution in [0.1, 0.15) is 30.9 Å². The van der Waals surface area contributed by atoms with Gasteiger partial charge in [-0.3, -0.25) is 14.4 Å². The van der Waals surface area contributed by atoms with Gasteiger partial charge in [0, 0.05) is 24.0 Å². The van der Waals surface area contributed by atoms with E-state index in [1.54, 1.807) is 18.8 Å². The predicted octanol–water partition coefficient (Wildman–Crippen LogP) is 1.46. The van der Waals surface area contributed by atoms with Crippen molar-refractivity contribution in [2.45, 2.75) is 49.1 Å². The van der Waals surface area contributed by atoms with Crippen LogP contribution in [0.2, 0.25) is 0 Å². The summed E-state index contributed by atoms with van der Waals surface area (Å²) < 4.78 is -1.02. The molecular weight excluding hydrogens is 402 g/mol. The fraction of sp³-hybridized carbons (Fsp3) is 0.591. The summed E-state index contributed by atoms with van der Waals surface area (Å²) in [5.41, 5.74) is 2.70. The summed E-state index contributed by atoms with van der Waals surface area (Å²) in [6, 6.07) is 5.14. The van der Waals surface area contributed by atoms with Crippen molar-refractivity contribution in [3.63, 3.8) is 0 Å². The Hall–Kier alpha value is -2.06. The summed E-state index contributed by atoms with van der Waals surface area (Å²) in [6.07, 6.45) is 1.48. The van der Waals surface area contributed by atoms with E-state index < -0.39 is 22.6 Å². The van der Waals surface area contributed by atoms with Crippen molar-refractivity contribution < 1.29 is 19.5 Å². The summed E-state index contributed by atoms with van der Waals surface area (Å²) in [4.78, 5) is 41.3. The maximum absolute atomic E-state index is 13.6. The number of likely N-dealkylation sites (tertiary alicyclic amines) is 1. The number of nitrogens with zero attached hydrogens (tertiary/aromatic N) is 1. The summed E-state index contributed by atoms with van der Waals surface area (Å²) in [5, 5.41) is 15.4. The van der Waals surface area contributed by atoms with Crippen LogP contribution in [0.5, 0.6) is 0 Å². The molecule has 162 valence electrons. The molecule has 30 heavy (non-hydrogen) atoms. The van der Waals surface area contributed by atoms with E-state index in [4.69, 9.17) is 0 Å². The number of fused-ring (bicyclic) bond motifs is 1. The second kappa shape index (κ2) is 7.27. The number of amides is 3. The Morgan fingerprint density at radius 2 is 2.00 bits per heavy atom. The van der Waals surface area contributed by atoms with Crippen LogP contribution in [0.4, 0.5) is 5.69 Å². The van der Waals surface area contributed by atoms with E-state index in [0.29, 0.717) is 6.42 Å². The van der Waals surface area contributed by atoms with Gasteiger partial charge in [0.05, 0.1) is 23.2 Å². The standard InChI is InChI=1S/C22H29N3O4S/c1-12-5-6-13(2)14(11-12)24-19(28)17-22-8-7-21(3,30-22)15(18(27)23-4)16(22)20(29)25(17)9-10-26/h5-6,11,15-17,26H,7-10H2,1-4H3,(H,23,27)(H,24,28)/t15-,16+,17?,21+,22?/m1/s1. The van der Waals surface area contributed by atoms with Gasteiger partial charge >= 0.3 is 0 Å². The lowest BCUT2D eigenvalue weighted by molar-refractivity contribution is -0.140. The highest BCUT2D eigenvalue weighted by molar-refractivity contribution is 8.02. The molecule has 5 atom stereocenters. The van der Waals surface area contributed by atoms with Crippen molar-refractivity contribution in [1.82, 2.24) is 10.2 Å². The highest BCUT2D eigenvalue weighted by atomic mass is 32.2. The highest BCUT2D eigenvalue weighted by Crippen LogP contribution is 2.71. The number of hydrogen-bond donors (Lipinski definition) is 3. The van der Waals surface area contributed by atoms with Crippen molar-refractivity contribution >= 4 is 35.2 Å². The summed E-state index contributed by atoms with van der Waals surface area (Å²) >= 11 is 1.63. The first-order chi connectivity index (χ1) is 14.2. The van der Waals surface area contributed by atoms with Crippen LogP contribution in [0.25, 0.3) is 0 Å². The summed E-state index contributed by atoms with van der Waals surface area (Å²) in [7, 11) is 1.59. The number of rotatable bonds is 5. The molecule has 2 bridgehead atoms. The summed E-state index contributed by atoms with van der Waals surface area (Å²) in [5.74, 6) is -1.63. The number of thioether (sulfide) groups is 1. The molecule has 0 aromatic heterocycles. The predicted molar refractivity (Wildman–Crippen MR) is 116 cm³/mol. The quantitative estimate of drug-likeness (QED) is 0.656. The van der Waals surface area contributed by atoms with Gasteiger partial charge in [-0.2, -0.15) is 0 Å². The molecule has 3 heterocycles. The first-order valence-electron chi connectivity index (χ1n) is 10.4. The molecule has 3 N–H and O–H groups in total. The zero-order chi connectivity index (χ0) is 21.8. The number of aliphatic hydroxyl groups is 1. The molecule has 0 aliphatic carbocycles. The lowest BCUT2D eigenvalue weighted by Crippen LogP contribution is -2.52. The molecule has 3 saturated heterocycles. The fourth-order valence-corrected chi connectivity index (χ4v) is 8.06. The number of carbonyl (C=O) groups excluding carboxylic acids is 3. The van der Waals surface area contributed by atoms with Crippen LogP contribution in [-0.4, -0.2) is 63.5 Å². The molecular formula is C22H29N3O4S. The van der Waals surface area contributed by atoms with Gasteiger partial charge in [0.2, 0.25) is 17.7 Å². The van der Waals surface area contributed by atoms with Gasteiger partial charge in [-0.15, -0.1) is 11.8 Å². The second-order valence-corrected chi connectivity index (χ2v) is 10.8. The highest BCUT2D eigenvalue weighted by Gasteiger charge is 2.76. The number of nitrogens with one attached hydrogen (secondary N) is 2. The Morgan fingerprint density at radius 3 is 2.67 bits per heavy atom. The Bertz CT molecular complexity index is 922. The average molecular weight is 432 g/mol. The summed E-state index contributed by atoms with van der Waals surface area (Å²) in [6.45, 7) is 5.78. The van der Waals surface area contributed by atoms with Gasteiger partial charge < -0.3 is 20.6 Å². The number of aryl methyl sites for hydroxylation is 2. The van der Waals surface area contributed by atoms with Gasteiger partial charge in [0.25, 0.3) is 0 Å². The molecule has 3 amide bonds. The molecule has 0 radical (unpaired) electrons. The smallest absolute Gasteiger partial charge is 0.248 e. The molecule has 1 spiro atoms. The van der Waals surface area contributed by atoms with E-state index in [2.05, 4.69) is 10.6 Å². The molecule has 0 saturated carbocycles. The number of anilines is 1. The average Bonchev–Trinajstić information content (AvgIpc) is 3.26. The zero-order valence-corrected chi connectivity index (χ0v) is 18.6. The molecule has 7 nitrogen and oxygen atoms in total. The second-order valence-electron chi connectivity index (χ2n) is 8.90. The van der Waals surface area contributed by atoms with Gasteiger partial charge in [0.15, 0.2) is 0 Å². The Morgan fingerprint density at radius 1 is 1.27 bits per heavy atom. The lowest BCUT2D eigenvalue weighted by atomic mass is 9.66. The minimum absolute atomic E-state index is 0.0830. The van der Waals surface area contributed by atoms with Gasteiger partial charge in [-0.25, -0.2) is 0 Å². The Kier molecular flexibility index (Phi) is 5.13. The monoisotopic (exact) mass is 431 g/mol. The van der Waals surface area contributed by atoms with E-state index >= 15 is 0 Å². The Balaban J connectivity index is 1.74. The SMILES string of the molecule is CNC(=O)[C@H]1[C@H]2C(=O)N(CCO)C(C(=O)Nc3cc(C)ccc3C)C23CC[C@]1(C)S3. The number of carbonyl (C=O) groups is 3. The van der Waals surface area contributed by atoms with Crippen LogP contribution in [0, 0.1) is 25.7 Å². The van der Waals surface area contributed by atoms with Crippen LogP contribution < -0.4 is 10.6 Å². The van der Waals surface area contributed by atoms with Crippen molar-refractivity contribution in [1.29, 1.82) is 0 Å². The minimum atomic E-state index is -0.719. The molecule has 1 aromatic carbocycles. The normalized spacial score (nSPS) is 34.2. The maximum atomic E-state index is 13.6. The lowest BCUT2D eigenvalue weighted by Gasteiger charge is -2.34. The molecule has 3 fully saturated rings. The maximum Gasteiger partial charge on any atom is 0.248 e. The van der Waals surface area contributed by atoms with Crippen LogP contribution in [0.15, 0.2) is 18.2 Å². The number of hydrogen-bond acceptors (Lipinski definition) is 5. The largest absolute Gasteiger partial charge is 0.395 e. The van der Waals surface area contributed by atoms with Crippen molar-refractivity contribution in [2.75, 3.05) is 25.5 Å². The van der Waals surface area contributed by atoms with E-state index in [1.165, 1.54) is 4.90 Å². The first kappa shape index (κ1) is 21.2. The van der Waals surface area contributed by atoms with Gasteiger partial charge in [0.1, 0.15) is 6.04 Å². The van der Waals surface area contributed by atoms with E-state index in [9.17, 15) is 19.5 Å². The van der Waals surface area contributed by atoms with Crippen molar-refractivity contribution in [3.8, 4) is 0 Å². The zero-order valence-electron chi connectivity index (χ0n) is 17.8. The van der Waals surface area contributed by atoms with E-state index in [0.717, 1.165) is 23.2 Å². The molecule has 1 aromatic rings. The van der Waals surface area contributed by atoms with Crippen molar-refractivity contribution in [3.05, 3.63) is 29.3 Å². The molecule has 8 heteroatoms. The molecule has 4 rings (SSSR count). The van der Waals surface area contributed by atoms with E-state index in [-0.39, 0.29) is 35.6 Å². The van der Waals surface area contributed by atoms with Gasteiger partial charge in [-0.05, 0) is 50.8 Å². The van der Waals surface area contributed by atoms with Crippen LogP contribution >= 0.6 is 11.8 Å². The van der Waals surface area contributed by atoms with E-state index in [1.807, 2.05) is 39.0 Å². The number of aliphatic hydroxyl groups excluding tert-OH is 1. The molecule has 3 aliphatic heterocycles. The molecule has 2 unspecified atom stereocenters. The number of β-amino-alcohol motifs (C(OH)–C–C–N with tert-alkyl or cyclic N) is 1. The topological polar surface area (TPSA) is 98.7 Å². The Labute approximate surface area is 181 Å². The van der Waals surface area contributed by atoms with Crippen LogP contribution in [-0.2, 0) is 14.4 Å². The fourth-order valence-electron chi connectivity index (χ4n) is 5.70. The third-order valence-corrected chi connectivity index (χ3v) is 9.03. The van der Waals surface area contributed by atoms with Gasteiger partial charge in [-0.1, -0.05) is 12.1 Å². The van der Waals surface area contributed by atoms with Crippen LogP contribution in [0.3, 0.4) is 0 Å². The minimum Gasteiger partial charge on any atom is -0.395 e. The third-order valence-electron chi connectivity index (χ3n) is 7.05. The van der Waals surface area contributed by atoms with Crippen molar-refractivity contribution in [2.24, 2.45) is 11.8 Å². The molecule has 3 aliphatic rings. The first-order valence-corrected chi connectivity index (χ1v) is 11.2.